The lowest BCUT2D eigenvalue weighted by molar-refractivity contribution is -0.141. The van der Waals surface area contributed by atoms with Gasteiger partial charge in [0.15, 0.2) is 5.82 Å². The van der Waals surface area contributed by atoms with Gasteiger partial charge in [0, 0.05) is 25.4 Å². The second kappa shape index (κ2) is 9.59. The topological polar surface area (TPSA) is 88.5 Å². The Morgan fingerprint density at radius 1 is 0.939 bits per heavy atom. The van der Waals surface area contributed by atoms with E-state index in [-0.39, 0.29) is 35.0 Å². The lowest BCUT2D eigenvalue weighted by Gasteiger charge is -2.14. The Balaban J connectivity index is 2.00. The van der Waals surface area contributed by atoms with Gasteiger partial charge in [-0.1, -0.05) is 26.3 Å². The third kappa shape index (κ3) is 6.53. The second-order valence-electron chi connectivity index (χ2n) is 7.55. The third-order valence-electron chi connectivity index (χ3n) is 4.68. The summed E-state index contributed by atoms with van der Waals surface area (Å²) in [6.45, 7) is 5.27. The molecule has 1 unspecified atom stereocenters. The van der Waals surface area contributed by atoms with Gasteiger partial charge in [0.2, 0.25) is 11.9 Å². The molecule has 176 valence electrons. The van der Waals surface area contributed by atoms with Gasteiger partial charge in [0.05, 0.1) is 0 Å². The molecule has 33 heavy (non-hydrogen) atoms. The van der Waals surface area contributed by atoms with Crippen LogP contribution >= 0.6 is 0 Å². The summed E-state index contributed by atoms with van der Waals surface area (Å²) in [5, 5.41) is 5.74. The molecule has 0 radical (unpaired) electrons. The Morgan fingerprint density at radius 3 is 2.33 bits per heavy atom. The number of halogens is 5. The smallest absolute Gasteiger partial charge is 0.354 e. The molecule has 0 saturated heterocycles. The molecule has 7 nitrogen and oxygen atoms in total. The summed E-state index contributed by atoms with van der Waals surface area (Å²) in [6, 6.07) is 6.17. The molecule has 0 aliphatic heterocycles. The number of pyridine rings is 2. The van der Waals surface area contributed by atoms with Gasteiger partial charge < -0.3 is 10.6 Å². The molecule has 3 aromatic rings. The minimum atomic E-state index is -4.62. The van der Waals surface area contributed by atoms with E-state index in [1.54, 1.807) is 0 Å². The summed E-state index contributed by atoms with van der Waals surface area (Å²) in [7, 11) is 0. The number of rotatable bonds is 8. The normalized spacial score (nSPS) is 13.0. The molecule has 0 bridgehead atoms. The van der Waals surface area contributed by atoms with Crippen LogP contribution in [0.5, 0.6) is 0 Å². The summed E-state index contributed by atoms with van der Waals surface area (Å²) >= 11 is 0. The molecule has 1 atom stereocenters. The summed E-state index contributed by atoms with van der Waals surface area (Å²) in [5.41, 5.74) is -1.44. The molecule has 2 N–H and O–H groups in total. The van der Waals surface area contributed by atoms with E-state index in [4.69, 9.17) is 0 Å². The highest BCUT2D eigenvalue weighted by Gasteiger charge is 2.32. The molecule has 0 aliphatic rings. The van der Waals surface area contributed by atoms with E-state index in [1.807, 2.05) is 13.8 Å². The highest BCUT2D eigenvalue weighted by molar-refractivity contribution is 5.59. The van der Waals surface area contributed by atoms with Gasteiger partial charge in [-0.25, -0.2) is 4.98 Å². The van der Waals surface area contributed by atoms with Crippen LogP contribution in [0.25, 0.3) is 11.5 Å². The number of nitrogens with one attached hydrogen (secondary N) is 2. The minimum absolute atomic E-state index is 0.0182. The van der Waals surface area contributed by atoms with Crippen molar-refractivity contribution >= 4 is 17.6 Å². The molecule has 12 heteroatoms. The van der Waals surface area contributed by atoms with E-state index in [0.29, 0.717) is 6.54 Å². The highest BCUT2D eigenvalue weighted by Crippen LogP contribution is 2.30. The Hall–Kier alpha value is -3.44. The summed E-state index contributed by atoms with van der Waals surface area (Å²) in [4.78, 5) is 19.9. The first-order valence-electron chi connectivity index (χ1n) is 10.1. The fourth-order valence-electron chi connectivity index (χ4n) is 2.63. The number of hydrogen-bond donors (Lipinski definition) is 2. The monoisotopic (exact) mass is 467 g/mol. The zero-order valence-corrected chi connectivity index (χ0v) is 18.1. The molecule has 0 fully saturated rings. The number of nitrogens with zero attached hydrogens (tertiary/aromatic N) is 5. The van der Waals surface area contributed by atoms with Crippen LogP contribution in [-0.4, -0.2) is 31.5 Å². The molecule has 0 aromatic carbocycles. The van der Waals surface area contributed by atoms with Crippen molar-refractivity contribution in [2.24, 2.45) is 5.92 Å². The molecule has 3 heterocycles. The Bertz CT molecular complexity index is 1100. The molecule has 0 spiro atoms. The number of aromatic nitrogens is 5. The van der Waals surface area contributed by atoms with E-state index in [1.165, 1.54) is 24.3 Å². The third-order valence-corrected chi connectivity index (χ3v) is 4.68. The molecule has 3 aromatic heterocycles. The van der Waals surface area contributed by atoms with Gasteiger partial charge in [-0.3, -0.25) is 4.98 Å². The summed E-state index contributed by atoms with van der Waals surface area (Å²) in [5.74, 6) is -2.86. The first-order valence-corrected chi connectivity index (χ1v) is 10.1. The zero-order chi connectivity index (χ0) is 24.2. The van der Waals surface area contributed by atoms with Crippen molar-refractivity contribution in [2.45, 2.75) is 39.3 Å². The van der Waals surface area contributed by atoms with Gasteiger partial charge in [0.25, 0.3) is 5.92 Å². The predicted octanol–water partition coefficient (Wildman–Crippen LogP) is 5.66. The molecule has 0 saturated carbocycles. The van der Waals surface area contributed by atoms with Crippen LogP contribution in [0.1, 0.15) is 38.6 Å². The first-order chi connectivity index (χ1) is 15.5. The maximum Gasteiger partial charge on any atom is 0.433 e. The molecule has 3 rings (SSSR count). The maximum atomic E-state index is 13.7. The van der Waals surface area contributed by atoms with Crippen molar-refractivity contribution in [1.29, 1.82) is 0 Å². The quantitative estimate of drug-likeness (QED) is 0.413. The summed E-state index contributed by atoms with van der Waals surface area (Å²) in [6.07, 6.45) is -2.73. The second-order valence-corrected chi connectivity index (χ2v) is 7.55. The van der Waals surface area contributed by atoms with E-state index in [9.17, 15) is 22.0 Å². The van der Waals surface area contributed by atoms with E-state index >= 15 is 0 Å². The Labute approximate surface area is 186 Å². The fourth-order valence-corrected chi connectivity index (χ4v) is 2.63. The van der Waals surface area contributed by atoms with Gasteiger partial charge in [0.1, 0.15) is 17.1 Å². The van der Waals surface area contributed by atoms with Crippen molar-refractivity contribution in [2.75, 3.05) is 17.2 Å². The van der Waals surface area contributed by atoms with Crippen LogP contribution < -0.4 is 10.6 Å². The Morgan fingerprint density at radius 2 is 1.67 bits per heavy atom. The van der Waals surface area contributed by atoms with E-state index < -0.39 is 23.5 Å². The SMILES string of the molecule is CCC(C)CNc1nc(Nc2ccnc(C(F)(F)F)c2)nc(-c2cccc(C(C)(F)F)n2)n1. The largest absolute Gasteiger partial charge is 0.433 e. The van der Waals surface area contributed by atoms with Crippen molar-refractivity contribution in [3.8, 4) is 11.5 Å². The van der Waals surface area contributed by atoms with Crippen molar-refractivity contribution in [3.63, 3.8) is 0 Å². The van der Waals surface area contributed by atoms with Gasteiger partial charge in [-0.15, -0.1) is 0 Å². The van der Waals surface area contributed by atoms with E-state index in [2.05, 4.69) is 35.6 Å². The zero-order valence-electron chi connectivity index (χ0n) is 18.1. The van der Waals surface area contributed by atoms with Crippen molar-refractivity contribution < 1.29 is 22.0 Å². The summed E-state index contributed by atoms with van der Waals surface area (Å²) < 4.78 is 66.4. The van der Waals surface area contributed by atoms with Crippen LogP contribution in [0.15, 0.2) is 36.5 Å². The molecule has 0 amide bonds. The molecular formula is C21H22F5N7. The Kier molecular flexibility index (Phi) is 7.04. The average molecular weight is 467 g/mol. The lowest BCUT2D eigenvalue weighted by Crippen LogP contribution is -2.15. The van der Waals surface area contributed by atoms with Crippen LogP contribution in [0.3, 0.4) is 0 Å². The van der Waals surface area contributed by atoms with Crippen LogP contribution in [0.4, 0.5) is 39.5 Å². The number of alkyl halides is 5. The highest BCUT2D eigenvalue weighted by atomic mass is 19.4. The molecular weight excluding hydrogens is 445 g/mol. The molecule has 0 aliphatic carbocycles. The lowest BCUT2D eigenvalue weighted by atomic mass is 10.1. The predicted molar refractivity (Wildman–Crippen MR) is 113 cm³/mol. The van der Waals surface area contributed by atoms with Gasteiger partial charge in [-0.2, -0.15) is 36.9 Å². The van der Waals surface area contributed by atoms with Crippen LogP contribution in [0.2, 0.25) is 0 Å². The standard InChI is InChI=1S/C21H22F5N7/c1-4-12(2)11-28-18-31-17(14-6-5-7-15(30-14)20(3,22)23)32-19(33-18)29-13-8-9-27-16(10-13)21(24,25)26/h5-10,12H,4,11H2,1-3H3,(H2,27,28,29,31,32,33). The van der Waals surface area contributed by atoms with Crippen molar-refractivity contribution in [3.05, 3.63) is 47.9 Å². The van der Waals surface area contributed by atoms with Gasteiger partial charge >= 0.3 is 6.18 Å². The fraction of sp³-hybridized carbons (Fsp3) is 0.381. The number of hydrogen-bond acceptors (Lipinski definition) is 7. The number of anilines is 3. The van der Waals surface area contributed by atoms with E-state index in [0.717, 1.165) is 25.6 Å². The van der Waals surface area contributed by atoms with Crippen LogP contribution in [-0.2, 0) is 12.1 Å². The first kappa shape index (κ1) is 24.2. The minimum Gasteiger partial charge on any atom is -0.354 e. The van der Waals surface area contributed by atoms with Gasteiger partial charge in [-0.05, 0) is 30.2 Å². The van der Waals surface area contributed by atoms with Crippen LogP contribution in [0, 0.1) is 5.92 Å². The average Bonchev–Trinajstić information content (AvgIpc) is 2.76. The maximum absolute atomic E-state index is 13.7. The van der Waals surface area contributed by atoms with Crippen molar-refractivity contribution in [1.82, 2.24) is 24.9 Å².